The first-order chi connectivity index (χ1) is 14.3. The third kappa shape index (κ3) is 5.07. The van der Waals surface area contributed by atoms with Crippen molar-refractivity contribution in [1.82, 2.24) is 15.4 Å². The first kappa shape index (κ1) is 21.1. The van der Waals surface area contributed by atoms with Crippen LogP contribution in [-0.2, 0) is 9.53 Å². The average Bonchev–Trinajstić information content (AvgIpc) is 3.08. The number of hydrazine groups is 1. The van der Waals surface area contributed by atoms with Crippen LogP contribution in [0.25, 0.3) is 5.69 Å². The topological polar surface area (TPSA) is 89.4 Å². The molecular weight excluding hydrogens is 406 g/mol. The number of hydrogen-bond donors (Lipinski definition) is 2. The molecule has 2 N–H and O–H groups in total. The maximum Gasteiger partial charge on any atom is 0.338 e. The number of carbonyl (C=O) groups is 3. The van der Waals surface area contributed by atoms with Crippen LogP contribution in [0.3, 0.4) is 0 Å². The van der Waals surface area contributed by atoms with E-state index < -0.39 is 24.4 Å². The highest BCUT2D eigenvalue weighted by atomic mass is 35.5. The first-order valence-corrected chi connectivity index (χ1v) is 9.50. The molecule has 154 valence electrons. The molecule has 0 saturated heterocycles. The van der Waals surface area contributed by atoms with Crippen LogP contribution in [0.15, 0.2) is 60.7 Å². The number of hydrogen-bond acceptors (Lipinski definition) is 4. The molecular formula is C22H20ClN3O4. The van der Waals surface area contributed by atoms with Crippen molar-refractivity contribution in [3.63, 3.8) is 0 Å². The van der Waals surface area contributed by atoms with Crippen molar-refractivity contribution >= 4 is 29.4 Å². The van der Waals surface area contributed by atoms with E-state index in [-0.39, 0.29) is 0 Å². The molecule has 0 atom stereocenters. The molecule has 3 rings (SSSR count). The number of nitrogens with one attached hydrogen (secondary N) is 2. The molecule has 0 unspecified atom stereocenters. The molecule has 2 aromatic carbocycles. The van der Waals surface area contributed by atoms with Gasteiger partial charge in [-0.1, -0.05) is 11.6 Å². The number of nitrogens with zero attached hydrogens (tertiary/aromatic N) is 1. The molecule has 0 radical (unpaired) electrons. The van der Waals surface area contributed by atoms with Gasteiger partial charge in [0.05, 0.1) is 5.56 Å². The van der Waals surface area contributed by atoms with Crippen LogP contribution in [0.2, 0.25) is 5.02 Å². The van der Waals surface area contributed by atoms with Crippen molar-refractivity contribution in [2.24, 2.45) is 0 Å². The minimum absolute atomic E-state index is 0.319. The van der Waals surface area contributed by atoms with E-state index in [9.17, 15) is 14.4 Å². The minimum Gasteiger partial charge on any atom is -0.452 e. The highest BCUT2D eigenvalue weighted by Gasteiger charge is 2.12. The second kappa shape index (κ2) is 9.28. The number of halogens is 1. The lowest BCUT2D eigenvalue weighted by atomic mass is 10.2. The molecule has 8 heteroatoms. The zero-order valence-corrected chi connectivity index (χ0v) is 17.2. The number of amides is 2. The number of rotatable bonds is 5. The van der Waals surface area contributed by atoms with Gasteiger partial charge < -0.3 is 9.30 Å². The summed E-state index contributed by atoms with van der Waals surface area (Å²) in [5.41, 5.74) is 8.17. The van der Waals surface area contributed by atoms with Crippen LogP contribution in [0.5, 0.6) is 0 Å². The number of ether oxygens (including phenoxy) is 1. The fourth-order valence-electron chi connectivity index (χ4n) is 2.87. The zero-order valence-electron chi connectivity index (χ0n) is 16.4. The molecule has 0 aliphatic rings. The summed E-state index contributed by atoms with van der Waals surface area (Å²) in [6.45, 7) is 3.47. The highest BCUT2D eigenvalue weighted by Crippen LogP contribution is 2.17. The smallest absolute Gasteiger partial charge is 0.338 e. The summed E-state index contributed by atoms with van der Waals surface area (Å²) >= 11 is 5.76. The average molecular weight is 426 g/mol. The lowest BCUT2D eigenvalue weighted by molar-refractivity contribution is -0.125. The Balaban J connectivity index is 1.49. The van der Waals surface area contributed by atoms with E-state index in [4.69, 9.17) is 16.3 Å². The number of carbonyl (C=O) groups excluding carboxylic acids is 3. The molecule has 0 spiro atoms. The number of benzene rings is 2. The molecule has 0 aliphatic heterocycles. The van der Waals surface area contributed by atoms with E-state index >= 15 is 0 Å². The van der Waals surface area contributed by atoms with E-state index in [2.05, 4.69) is 15.4 Å². The third-order valence-electron chi connectivity index (χ3n) is 4.39. The Bertz CT molecular complexity index is 1050. The predicted molar refractivity (Wildman–Crippen MR) is 113 cm³/mol. The molecule has 1 heterocycles. The van der Waals surface area contributed by atoms with Crippen molar-refractivity contribution in [1.29, 1.82) is 0 Å². The highest BCUT2D eigenvalue weighted by molar-refractivity contribution is 6.30. The maximum absolute atomic E-state index is 12.2. The summed E-state index contributed by atoms with van der Waals surface area (Å²) in [5.74, 6) is -1.82. The Kier molecular flexibility index (Phi) is 6.54. The second-order valence-corrected chi connectivity index (χ2v) is 7.02. The van der Waals surface area contributed by atoms with Gasteiger partial charge in [-0.25, -0.2) is 4.79 Å². The fraction of sp³-hybridized carbons (Fsp3) is 0.136. The Hall–Kier alpha value is -3.58. The van der Waals surface area contributed by atoms with Gasteiger partial charge in [-0.15, -0.1) is 0 Å². The van der Waals surface area contributed by atoms with E-state index in [1.165, 1.54) is 12.1 Å². The van der Waals surface area contributed by atoms with Crippen LogP contribution in [0.4, 0.5) is 0 Å². The van der Waals surface area contributed by atoms with Gasteiger partial charge in [0, 0.05) is 27.7 Å². The standard InChI is InChI=1S/C22H20ClN3O4/c1-14-3-4-15(2)26(14)19-11-7-17(8-12-19)22(29)30-13-20(27)24-25-21(28)16-5-9-18(23)10-6-16/h3-12H,13H2,1-2H3,(H,24,27)(H,25,28). The van der Waals surface area contributed by atoms with Gasteiger partial charge >= 0.3 is 5.97 Å². The molecule has 0 saturated carbocycles. The van der Waals surface area contributed by atoms with Crippen LogP contribution in [0.1, 0.15) is 32.1 Å². The quantitative estimate of drug-likeness (QED) is 0.484. The molecule has 0 fully saturated rings. The van der Waals surface area contributed by atoms with Gasteiger partial charge in [0.25, 0.3) is 11.8 Å². The summed E-state index contributed by atoms with van der Waals surface area (Å²) in [5, 5.41) is 0.495. The molecule has 30 heavy (non-hydrogen) atoms. The monoisotopic (exact) mass is 425 g/mol. The minimum atomic E-state index is -0.666. The second-order valence-electron chi connectivity index (χ2n) is 6.58. The summed E-state index contributed by atoms with van der Waals surface area (Å²) < 4.78 is 7.06. The predicted octanol–water partition coefficient (Wildman–Crippen LogP) is 3.37. The van der Waals surface area contributed by atoms with Crippen LogP contribution in [0, 0.1) is 13.8 Å². The largest absolute Gasteiger partial charge is 0.452 e. The maximum atomic E-state index is 12.2. The number of aromatic nitrogens is 1. The van der Waals surface area contributed by atoms with Crippen LogP contribution >= 0.6 is 11.6 Å². The number of aryl methyl sites for hydroxylation is 2. The molecule has 7 nitrogen and oxygen atoms in total. The van der Waals surface area contributed by atoms with Gasteiger partial charge in [0.1, 0.15) is 0 Å². The summed E-state index contributed by atoms with van der Waals surface area (Å²) in [6, 6.07) is 17.1. The molecule has 0 bridgehead atoms. The van der Waals surface area contributed by atoms with Gasteiger partial charge in [-0.3, -0.25) is 20.4 Å². The summed E-state index contributed by atoms with van der Waals surface area (Å²) in [7, 11) is 0. The zero-order chi connectivity index (χ0) is 21.7. The Morgan fingerprint density at radius 2 is 1.40 bits per heavy atom. The Morgan fingerprint density at radius 3 is 2.00 bits per heavy atom. The van der Waals surface area contributed by atoms with Crippen molar-refractivity contribution in [3.8, 4) is 5.69 Å². The van der Waals surface area contributed by atoms with Crippen molar-refractivity contribution < 1.29 is 19.1 Å². The summed E-state index contributed by atoms with van der Waals surface area (Å²) in [4.78, 5) is 35.9. The van der Waals surface area contributed by atoms with Gasteiger partial charge in [-0.2, -0.15) is 0 Å². The molecule has 3 aromatic rings. The molecule has 1 aromatic heterocycles. The lowest BCUT2D eigenvalue weighted by Crippen LogP contribution is -2.43. The van der Waals surface area contributed by atoms with Gasteiger partial charge in [-0.05, 0) is 74.5 Å². The van der Waals surface area contributed by atoms with Crippen molar-refractivity contribution in [2.75, 3.05) is 6.61 Å². The van der Waals surface area contributed by atoms with E-state index in [0.717, 1.165) is 17.1 Å². The summed E-state index contributed by atoms with van der Waals surface area (Å²) in [6.07, 6.45) is 0. The SMILES string of the molecule is Cc1ccc(C)n1-c1ccc(C(=O)OCC(=O)NNC(=O)c2ccc(Cl)cc2)cc1. The van der Waals surface area contributed by atoms with Gasteiger partial charge in [0.2, 0.25) is 0 Å². The van der Waals surface area contributed by atoms with E-state index in [1.807, 2.05) is 38.1 Å². The first-order valence-electron chi connectivity index (χ1n) is 9.12. The Labute approximate surface area is 178 Å². The van der Waals surface area contributed by atoms with Crippen molar-refractivity contribution in [3.05, 3.63) is 88.2 Å². The number of esters is 1. The Morgan fingerprint density at radius 1 is 0.833 bits per heavy atom. The lowest BCUT2D eigenvalue weighted by Gasteiger charge is -2.11. The van der Waals surface area contributed by atoms with E-state index in [1.54, 1.807) is 24.3 Å². The van der Waals surface area contributed by atoms with E-state index in [0.29, 0.717) is 16.1 Å². The normalized spacial score (nSPS) is 10.4. The third-order valence-corrected chi connectivity index (χ3v) is 4.64. The molecule has 0 aliphatic carbocycles. The van der Waals surface area contributed by atoms with Crippen LogP contribution < -0.4 is 10.9 Å². The van der Waals surface area contributed by atoms with Crippen molar-refractivity contribution in [2.45, 2.75) is 13.8 Å². The van der Waals surface area contributed by atoms with Gasteiger partial charge in [0.15, 0.2) is 6.61 Å². The molecule has 2 amide bonds. The van der Waals surface area contributed by atoms with Crippen LogP contribution in [-0.4, -0.2) is 29.0 Å². The fourth-order valence-corrected chi connectivity index (χ4v) is 3.00.